The third-order valence-electron chi connectivity index (χ3n) is 3.43. The van der Waals surface area contributed by atoms with E-state index in [1.54, 1.807) is 6.08 Å². The fourth-order valence-corrected chi connectivity index (χ4v) is 3.94. The minimum atomic E-state index is -1.10. The van der Waals surface area contributed by atoms with Crippen LogP contribution in [-0.4, -0.2) is 57.6 Å². The van der Waals surface area contributed by atoms with Gasteiger partial charge in [-0.3, -0.25) is 14.5 Å². The number of aliphatic carboxylic acids is 1. The monoisotopic (exact) mass is 418 g/mol. The third-order valence-corrected chi connectivity index (χ3v) is 5.15. The van der Waals surface area contributed by atoms with Crippen LogP contribution in [0.4, 0.5) is 5.69 Å². The van der Waals surface area contributed by atoms with Crippen molar-refractivity contribution in [2.75, 3.05) is 36.3 Å². The van der Waals surface area contributed by atoms with Gasteiger partial charge in [0.15, 0.2) is 0 Å². The summed E-state index contributed by atoms with van der Waals surface area (Å²) in [6.45, 7) is 0.968. The summed E-state index contributed by atoms with van der Waals surface area (Å²) in [5, 5.41) is 8.85. The van der Waals surface area contributed by atoms with E-state index in [1.165, 1.54) is 0 Å². The van der Waals surface area contributed by atoms with Crippen molar-refractivity contribution in [2.45, 2.75) is 0 Å². The molecule has 9 heteroatoms. The fourth-order valence-electron chi connectivity index (χ4n) is 2.28. The zero-order valence-electron chi connectivity index (χ0n) is 13.2. The molecule has 2 rings (SSSR count). The third kappa shape index (κ3) is 5.34. The molecule has 5 nitrogen and oxygen atoms in total. The van der Waals surface area contributed by atoms with Crippen LogP contribution in [0.3, 0.4) is 0 Å². The molecule has 0 unspecified atom stereocenters. The molecule has 1 heterocycles. The molecule has 0 spiro atoms. The number of carboxylic acid groups (broad SMARTS) is 1. The molecule has 25 heavy (non-hydrogen) atoms. The summed E-state index contributed by atoms with van der Waals surface area (Å²) in [6, 6.07) is 7.63. The molecule has 0 saturated carbocycles. The summed E-state index contributed by atoms with van der Waals surface area (Å²) in [5.41, 5.74) is 1.83. The Balaban J connectivity index is 2.15. The molecular weight excluding hydrogens is 403 g/mol. The van der Waals surface area contributed by atoms with Crippen LogP contribution in [0.25, 0.3) is 6.08 Å². The average molecular weight is 419 g/mol. The summed E-state index contributed by atoms with van der Waals surface area (Å²) in [5.74, 6) is -0.469. The Morgan fingerprint density at radius 1 is 1.24 bits per heavy atom. The lowest BCUT2D eigenvalue weighted by Gasteiger charge is -2.22. The van der Waals surface area contributed by atoms with Crippen LogP contribution in [0, 0.1) is 0 Å². The van der Waals surface area contributed by atoms with Crippen molar-refractivity contribution in [1.29, 1.82) is 0 Å². The van der Waals surface area contributed by atoms with Crippen LogP contribution in [0.2, 0.25) is 0 Å². The van der Waals surface area contributed by atoms with Crippen molar-refractivity contribution in [3.05, 3.63) is 34.7 Å². The average Bonchev–Trinajstić information content (AvgIpc) is 2.82. The Hall–Kier alpha value is -1.28. The van der Waals surface area contributed by atoms with E-state index in [2.05, 4.69) is 4.90 Å². The second-order valence-corrected chi connectivity index (χ2v) is 7.55. The Kier molecular flexibility index (Phi) is 7.56. The smallest absolute Gasteiger partial charge is 0.323 e. The number of halogens is 2. The van der Waals surface area contributed by atoms with Gasteiger partial charge in [0.2, 0.25) is 0 Å². The largest absolute Gasteiger partial charge is 0.480 e. The molecule has 0 bridgehead atoms. The number of hydrogen-bond donors (Lipinski definition) is 1. The second-order valence-electron chi connectivity index (χ2n) is 5.12. The van der Waals surface area contributed by atoms with Crippen molar-refractivity contribution in [3.8, 4) is 0 Å². The van der Waals surface area contributed by atoms with E-state index in [0.717, 1.165) is 27.9 Å². The fraction of sp³-hybridized carbons (Fsp3) is 0.312. The topological polar surface area (TPSA) is 60.9 Å². The van der Waals surface area contributed by atoms with E-state index in [0.29, 0.717) is 29.8 Å². The van der Waals surface area contributed by atoms with Crippen molar-refractivity contribution >= 4 is 75.1 Å². The number of carboxylic acids is 1. The SMILES string of the molecule is O=C(O)CN1C(=O)/C(=C/c2ccc(N(CCCl)CCCl)cc2)SC1=S. The van der Waals surface area contributed by atoms with Gasteiger partial charge in [-0.1, -0.05) is 36.1 Å². The van der Waals surface area contributed by atoms with Gasteiger partial charge >= 0.3 is 5.97 Å². The Bertz CT molecular complexity index is 689. The highest BCUT2D eigenvalue weighted by Gasteiger charge is 2.33. The number of benzene rings is 1. The normalized spacial score (nSPS) is 15.9. The standard InChI is InChI=1S/C16H16Cl2N2O3S2/c17-5-7-19(8-6-18)12-3-1-11(2-4-12)9-13-15(23)20(10-14(21)22)16(24)25-13/h1-4,9H,5-8,10H2,(H,21,22)/b13-9-. The highest BCUT2D eigenvalue weighted by molar-refractivity contribution is 8.26. The van der Waals surface area contributed by atoms with Gasteiger partial charge in [0.05, 0.1) is 4.91 Å². The second kappa shape index (κ2) is 9.43. The minimum Gasteiger partial charge on any atom is -0.480 e. The van der Waals surface area contributed by atoms with Gasteiger partial charge in [-0.05, 0) is 23.8 Å². The predicted molar refractivity (Wildman–Crippen MR) is 108 cm³/mol. The van der Waals surface area contributed by atoms with Crippen LogP contribution >= 0.6 is 47.2 Å². The van der Waals surface area contributed by atoms with Crippen molar-refractivity contribution in [1.82, 2.24) is 4.90 Å². The molecule has 0 aromatic heterocycles. The van der Waals surface area contributed by atoms with Gasteiger partial charge in [-0.15, -0.1) is 23.2 Å². The number of amides is 1. The first-order valence-corrected chi connectivity index (χ1v) is 9.69. The number of carbonyl (C=O) groups excluding carboxylic acids is 1. The van der Waals surface area contributed by atoms with Crippen molar-refractivity contribution in [2.24, 2.45) is 0 Å². The zero-order valence-corrected chi connectivity index (χ0v) is 16.3. The highest BCUT2D eigenvalue weighted by atomic mass is 35.5. The number of hydrogen-bond acceptors (Lipinski definition) is 5. The first kappa shape index (κ1) is 20.0. The van der Waals surface area contributed by atoms with E-state index in [1.807, 2.05) is 24.3 Å². The summed E-state index contributed by atoms with van der Waals surface area (Å²) in [4.78, 5) is 26.6. The molecule has 1 amide bonds. The molecule has 134 valence electrons. The number of carbonyl (C=O) groups is 2. The summed E-state index contributed by atoms with van der Waals surface area (Å²) in [6.07, 6.45) is 1.71. The maximum absolute atomic E-state index is 12.2. The molecule has 1 aromatic carbocycles. The molecule has 0 atom stereocenters. The maximum Gasteiger partial charge on any atom is 0.323 e. The van der Waals surface area contributed by atoms with Gasteiger partial charge in [0.25, 0.3) is 5.91 Å². The van der Waals surface area contributed by atoms with Gasteiger partial charge < -0.3 is 10.0 Å². The minimum absolute atomic E-state index is 0.255. The summed E-state index contributed by atoms with van der Waals surface area (Å²) in [7, 11) is 0. The Morgan fingerprint density at radius 3 is 2.36 bits per heavy atom. The molecule has 0 radical (unpaired) electrons. The Morgan fingerprint density at radius 2 is 1.84 bits per heavy atom. The van der Waals surface area contributed by atoms with Crippen LogP contribution < -0.4 is 4.90 Å². The van der Waals surface area contributed by atoms with Gasteiger partial charge in [-0.25, -0.2) is 0 Å². The highest BCUT2D eigenvalue weighted by Crippen LogP contribution is 2.32. The van der Waals surface area contributed by atoms with E-state index >= 15 is 0 Å². The predicted octanol–water partition coefficient (Wildman–Crippen LogP) is 3.26. The molecular formula is C16H16Cl2N2O3S2. The lowest BCUT2D eigenvalue weighted by atomic mass is 10.1. The first-order valence-electron chi connectivity index (χ1n) is 7.40. The van der Waals surface area contributed by atoms with Gasteiger partial charge in [0, 0.05) is 30.5 Å². The van der Waals surface area contributed by atoms with Gasteiger partial charge in [-0.2, -0.15) is 0 Å². The molecule has 0 aliphatic carbocycles. The van der Waals surface area contributed by atoms with E-state index in [-0.39, 0.29) is 10.2 Å². The lowest BCUT2D eigenvalue weighted by Crippen LogP contribution is -2.33. The summed E-state index contributed by atoms with van der Waals surface area (Å²) >= 11 is 17.8. The van der Waals surface area contributed by atoms with E-state index in [9.17, 15) is 9.59 Å². The summed E-state index contributed by atoms with van der Waals surface area (Å²) < 4.78 is 0.255. The first-order chi connectivity index (χ1) is 12.0. The van der Waals surface area contributed by atoms with Crippen LogP contribution in [0.15, 0.2) is 29.2 Å². The van der Waals surface area contributed by atoms with E-state index in [4.69, 9.17) is 40.5 Å². The maximum atomic E-state index is 12.2. The number of rotatable bonds is 8. The van der Waals surface area contributed by atoms with Crippen LogP contribution in [0.5, 0.6) is 0 Å². The van der Waals surface area contributed by atoms with Crippen LogP contribution in [0.1, 0.15) is 5.56 Å². The molecule has 1 aromatic rings. The molecule has 1 N–H and O–H groups in total. The zero-order chi connectivity index (χ0) is 18.4. The lowest BCUT2D eigenvalue weighted by molar-refractivity contribution is -0.140. The number of thiocarbonyl (C=S) groups is 1. The van der Waals surface area contributed by atoms with Crippen molar-refractivity contribution in [3.63, 3.8) is 0 Å². The molecule has 1 saturated heterocycles. The van der Waals surface area contributed by atoms with Crippen molar-refractivity contribution < 1.29 is 14.7 Å². The van der Waals surface area contributed by atoms with Gasteiger partial charge in [0.1, 0.15) is 10.9 Å². The van der Waals surface area contributed by atoms with Crippen LogP contribution in [-0.2, 0) is 9.59 Å². The molecule has 1 aliphatic rings. The molecule has 1 fully saturated rings. The Labute approximate surface area is 165 Å². The number of alkyl halides is 2. The quantitative estimate of drug-likeness (QED) is 0.397. The number of thioether (sulfide) groups is 1. The number of anilines is 1. The molecule has 1 aliphatic heterocycles. The van der Waals surface area contributed by atoms with E-state index < -0.39 is 12.5 Å². The number of nitrogens with zero attached hydrogens (tertiary/aromatic N) is 2.